The molecule has 1 fully saturated rings. The molecule has 37 heavy (non-hydrogen) atoms. The summed E-state index contributed by atoms with van der Waals surface area (Å²) in [5.41, 5.74) is 7.72. The average molecular weight is 525 g/mol. The van der Waals surface area contributed by atoms with Crippen molar-refractivity contribution in [3.63, 3.8) is 0 Å². The zero-order chi connectivity index (χ0) is 26.0. The fourth-order valence-corrected chi connectivity index (χ4v) is 4.95. The number of benzene rings is 2. The molecule has 0 spiro atoms. The lowest BCUT2D eigenvalue weighted by atomic mass is 10.0. The van der Waals surface area contributed by atoms with E-state index in [1.807, 2.05) is 30.3 Å². The first kappa shape index (κ1) is 25.1. The summed E-state index contributed by atoms with van der Waals surface area (Å²) in [6.45, 7) is 3.18. The van der Waals surface area contributed by atoms with Crippen LogP contribution in [0.15, 0.2) is 42.5 Å². The molecule has 3 aromatic rings. The van der Waals surface area contributed by atoms with Crippen LogP contribution in [0.25, 0.3) is 22.5 Å². The highest BCUT2D eigenvalue weighted by atomic mass is 32.2. The van der Waals surface area contributed by atoms with Crippen molar-refractivity contribution in [3.8, 4) is 22.5 Å². The Hall–Kier alpha value is -3.58. The first-order valence-electron chi connectivity index (χ1n) is 11.9. The van der Waals surface area contributed by atoms with Crippen LogP contribution in [0.3, 0.4) is 0 Å². The van der Waals surface area contributed by atoms with E-state index in [0.29, 0.717) is 73.2 Å². The van der Waals surface area contributed by atoms with Gasteiger partial charge in [0.2, 0.25) is 0 Å². The van der Waals surface area contributed by atoms with Gasteiger partial charge in [-0.1, -0.05) is 36.4 Å². The molecule has 2 amide bonds. The van der Waals surface area contributed by atoms with Crippen molar-refractivity contribution < 1.29 is 22.7 Å². The average Bonchev–Trinajstić information content (AvgIpc) is 3.43. The number of aromatic amines is 1. The number of carbonyl (C=O) groups is 2. The van der Waals surface area contributed by atoms with Crippen LogP contribution < -0.4 is 16.1 Å². The number of nitrogens with one attached hydrogen (secondary N) is 4. The second kappa shape index (κ2) is 10.4. The molecule has 0 bridgehead atoms. The summed E-state index contributed by atoms with van der Waals surface area (Å²) in [5, 5.41) is 15.1. The predicted molar refractivity (Wildman–Crippen MR) is 139 cm³/mol. The van der Waals surface area contributed by atoms with Crippen LogP contribution in [0, 0.1) is 0 Å². The molecule has 1 aromatic heterocycles. The van der Waals surface area contributed by atoms with Gasteiger partial charge in [0.1, 0.15) is 15.5 Å². The molecule has 11 nitrogen and oxygen atoms in total. The summed E-state index contributed by atoms with van der Waals surface area (Å²) in [7, 11) is -3.00. The molecule has 2 heterocycles. The summed E-state index contributed by atoms with van der Waals surface area (Å²) in [6.07, 6.45) is 1.21. The molecule has 12 heteroatoms. The molecule has 1 aliphatic heterocycles. The normalized spacial score (nSPS) is 15.3. The van der Waals surface area contributed by atoms with Crippen LogP contribution in [0.5, 0.6) is 0 Å². The molecular formula is C25H28N6O5S. The number of fused-ring (bicyclic) bond motifs is 3. The summed E-state index contributed by atoms with van der Waals surface area (Å²) >= 11 is 0. The summed E-state index contributed by atoms with van der Waals surface area (Å²) in [4.78, 5) is 26.1. The number of ketones is 1. The highest BCUT2D eigenvalue weighted by Gasteiger charge is 2.35. The molecule has 2 aliphatic rings. The lowest BCUT2D eigenvalue weighted by molar-refractivity contribution is 0.0207. The van der Waals surface area contributed by atoms with Crippen LogP contribution in [0.1, 0.15) is 21.5 Å². The van der Waals surface area contributed by atoms with Crippen LogP contribution >= 0.6 is 0 Å². The van der Waals surface area contributed by atoms with E-state index in [0.717, 1.165) is 11.1 Å². The molecule has 0 atom stereocenters. The number of anilines is 1. The minimum absolute atomic E-state index is 0.0831. The second-order valence-corrected chi connectivity index (χ2v) is 11.3. The Labute approximate surface area is 214 Å². The van der Waals surface area contributed by atoms with Gasteiger partial charge in [-0.3, -0.25) is 15.3 Å². The van der Waals surface area contributed by atoms with Gasteiger partial charge in [0, 0.05) is 43.6 Å². The number of aromatic nitrogens is 2. The molecule has 0 saturated carbocycles. The molecule has 1 aliphatic carbocycles. The number of sulfone groups is 1. The van der Waals surface area contributed by atoms with Crippen molar-refractivity contribution in [2.24, 2.45) is 0 Å². The predicted octanol–water partition coefficient (Wildman–Crippen LogP) is 1.79. The minimum atomic E-state index is -3.00. The van der Waals surface area contributed by atoms with Gasteiger partial charge < -0.3 is 15.4 Å². The van der Waals surface area contributed by atoms with Gasteiger partial charge in [0.25, 0.3) is 0 Å². The second-order valence-electron chi connectivity index (χ2n) is 9.05. The first-order valence-corrected chi connectivity index (χ1v) is 14.0. The third kappa shape index (κ3) is 5.57. The van der Waals surface area contributed by atoms with E-state index in [4.69, 9.17) is 4.74 Å². The topological polar surface area (TPSA) is 146 Å². The molecule has 5 rings (SSSR count). The highest BCUT2D eigenvalue weighted by molar-refractivity contribution is 7.90. The fourth-order valence-electron chi connectivity index (χ4n) is 4.44. The lowest BCUT2D eigenvalue weighted by Crippen LogP contribution is -2.49. The van der Waals surface area contributed by atoms with E-state index in [9.17, 15) is 18.0 Å². The zero-order valence-corrected chi connectivity index (χ0v) is 21.2. The quantitative estimate of drug-likeness (QED) is 0.255. The first-order chi connectivity index (χ1) is 17.8. The lowest BCUT2D eigenvalue weighted by Gasteiger charge is -2.27. The largest absolute Gasteiger partial charge is 0.379 e. The molecule has 4 N–H and O–H groups in total. The number of H-pyrrole nitrogens is 1. The van der Waals surface area contributed by atoms with Crippen LogP contribution in [-0.4, -0.2) is 80.3 Å². The Balaban J connectivity index is 1.30. The molecule has 194 valence electrons. The summed E-state index contributed by atoms with van der Waals surface area (Å²) < 4.78 is 27.8. The SMILES string of the molecule is CS(=O)(=O)CCNCc1ccc(-c2[nH]nc3c2C(=O)c2c(NC(=O)NN4CCOCC4)cccc2-3)cc1. The Morgan fingerprint density at radius 1 is 1.11 bits per heavy atom. The number of hydrazine groups is 1. The monoisotopic (exact) mass is 524 g/mol. The number of hydrogen-bond acceptors (Lipinski definition) is 8. The van der Waals surface area contributed by atoms with Gasteiger partial charge in [-0.05, 0) is 11.6 Å². The zero-order valence-electron chi connectivity index (χ0n) is 20.3. The van der Waals surface area contributed by atoms with E-state index >= 15 is 0 Å². The van der Waals surface area contributed by atoms with Gasteiger partial charge in [-0.15, -0.1) is 0 Å². The molecular weight excluding hydrogens is 496 g/mol. The van der Waals surface area contributed by atoms with E-state index in [2.05, 4.69) is 26.3 Å². The van der Waals surface area contributed by atoms with E-state index in [1.165, 1.54) is 6.26 Å². The molecule has 2 aromatic carbocycles. The number of amides is 2. The Kier molecular flexibility index (Phi) is 7.07. The van der Waals surface area contributed by atoms with E-state index in [1.54, 1.807) is 17.1 Å². The number of rotatable bonds is 8. The third-order valence-electron chi connectivity index (χ3n) is 6.28. The third-order valence-corrected chi connectivity index (χ3v) is 7.23. The smallest absolute Gasteiger partial charge is 0.333 e. The number of morpholine rings is 1. The van der Waals surface area contributed by atoms with E-state index in [-0.39, 0.29) is 11.5 Å². The van der Waals surface area contributed by atoms with Crippen molar-refractivity contribution in [1.29, 1.82) is 0 Å². The maximum atomic E-state index is 13.5. The van der Waals surface area contributed by atoms with Crippen molar-refractivity contribution in [1.82, 2.24) is 25.9 Å². The number of urea groups is 1. The van der Waals surface area contributed by atoms with Gasteiger partial charge in [0.15, 0.2) is 5.78 Å². The van der Waals surface area contributed by atoms with Crippen LogP contribution in [0.4, 0.5) is 10.5 Å². The van der Waals surface area contributed by atoms with Gasteiger partial charge in [0.05, 0.1) is 41.5 Å². The van der Waals surface area contributed by atoms with Crippen molar-refractivity contribution in [3.05, 3.63) is 59.2 Å². The summed E-state index contributed by atoms with van der Waals surface area (Å²) in [6, 6.07) is 12.5. The maximum Gasteiger partial charge on any atom is 0.333 e. The Morgan fingerprint density at radius 3 is 2.59 bits per heavy atom. The van der Waals surface area contributed by atoms with Crippen LogP contribution in [-0.2, 0) is 21.1 Å². The van der Waals surface area contributed by atoms with Crippen LogP contribution in [0.2, 0.25) is 0 Å². The fraction of sp³-hybridized carbons (Fsp3) is 0.320. The summed E-state index contributed by atoms with van der Waals surface area (Å²) in [5.74, 6) is -0.123. The Bertz CT molecular complexity index is 1430. The number of hydrogen-bond donors (Lipinski definition) is 4. The van der Waals surface area contributed by atoms with Gasteiger partial charge in [-0.25, -0.2) is 18.2 Å². The molecule has 0 radical (unpaired) electrons. The van der Waals surface area contributed by atoms with Crippen molar-refractivity contribution in [2.45, 2.75) is 6.54 Å². The minimum Gasteiger partial charge on any atom is -0.379 e. The van der Waals surface area contributed by atoms with Crippen molar-refractivity contribution in [2.75, 3.05) is 50.2 Å². The number of nitrogens with zero attached hydrogens (tertiary/aromatic N) is 2. The maximum absolute atomic E-state index is 13.5. The standard InChI is InChI=1S/C25H28N6O5S/c1-37(34,35)14-9-26-15-16-5-7-17(8-6-16)22-21-23(29-28-22)18-3-2-4-19(20(18)24(21)32)27-25(33)30-31-10-12-36-13-11-31/h2-8,26H,9-15H2,1H3,(H,28,29)(H2,27,30,33). The number of ether oxygens (including phenoxy) is 1. The van der Waals surface area contributed by atoms with Gasteiger partial charge >= 0.3 is 6.03 Å². The van der Waals surface area contributed by atoms with Gasteiger partial charge in [-0.2, -0.15) is 5.10 Å². The Morgan fingerprint density at radius 2 is 1.86 bits per heavy atom. The van der Waals surface area contributed by atoms with Crippen molar-refractivity contribution >= 4 is 27.3 Å². The van der Waals surface area contributed by atoms with E-state index < -0.39 is 15.9 Å². The molecule has 0 unspecified atom stereocenters. The molecule has 1 saturated heterocycles. The highest BCUT2D eigenvalue weighted by Crippen LogP contribution is 2.42. The number of carbonyl (C=O) groups excluding carboxylic acids is 2.